The lowest BCUT2D eigenvalue weighted by atomic mass is 9.41. The second-order valence-electron chi connectivity index (χ2n) is 13.6. The molecule has 0 bridgehead atoms. The van der Waals surface area contributed by atoms with Crippen LogP contribution in [0.15, 0.2) is 30.3 Å². The van der Waals surface area contributed by atoms with Gasteiger partial charge in [0.05, 0.1) is 17.8 Å². The molecule has 1 aromatic carbocycles. The number of aliphatic hydroxyl groups excluding tert-OH is 2. The third kappa shape index (κ3) is 4.40. The zero-order chi connectivity index (χ0) is 26.5. The topological polar surface area (TPSA) is 77.8 Å². The minimum absolute atomic E-state index is 0.197. The molecule has 0 amide bonds. The Balaban J connectivity index is 1.34. The first-order valence-corrected chi connectivity index (χ1v) is 15.0. The van der Waals surface area contributed by atoms with Crippen LogP contribution in [0.5, 0.6) is 0 Å². The Kier molecular flexibility index (Phi) is 7.39. The van der Waals surface area contributed by atoms with Crippen molar-refractivity contribution in [1.29, 1.82) is 0 Å². The summed E-state index contributed by atoms with van der Waals surface area (Å²) in [7, 11) is 0. The molecule has 1 aromatic rings. The number of aromatic carboxylic acids is 1. The van der Waals surface area contributed by atoms with Gasteiger partial charge in [-0.2, -0.15) is 0 Å². The SMILES string of the molecule is CC[C@H]1[C@@H](O)C2[C@@H]3CC[C@H]([C@H](C)C/C=C/c4ccccc4C(=O)O)C3(C)CC[C@@H]2[C@@]2(C)CC[C@@H](O)C[C@@H]12. The molecule has 4 nitrogen and oxygen atoms in total. The van der Waals surface area contributed by atoms with Crippen molar-refractivity contribution >= 4 is 12.0 Å². The molecule has 2 unspecified atom stereocenters. The molecule has 4 aliphatic rings. The maximum atomic E-state index is 11.9. The molecule has 204 valence electrons. The van der Waals surface area contributed by atoms with Crippen molar-refractivity contribution < 1.29 is 20.1 Å². The van der Waals surface area contributed by atoms with Gasteiger partial charge in [-0.1, -0.05) is 64.5 Å². The first kappa shape index (κ1) is 26.9. The minimum Gasteiger partial charge on any atom is -0.478 e. The van der Waals surface area contributed by atoms with Crippen LogP contribution in [0.4, 0.5) is 0 Å². The van der Waals surface area contributed by atoms with E-state index in [1.165, 1.54) is 25.7 Å². The van der Waals surface area contributed by atoms with Crippen molar-refractivity contribution in [2.75, 3.05) is 0 Å². The van der Waals surface area contributed by atoms with Gasteiger partial charge in [-0.05, 0) is 115 Å². The van der Waals surface area contributed by atoms with E-state index in [-0.39, 0.29) is 23.0 Å². The molecule has 0 radical (unpaired) electrons. The molecule has 0 heterocycles. The zero-order valence-electron chi connectivity index (χ0n) is 23.3. The Morgan fingerprint density at radius 3 is 2.46 bits per heavy atom. The number of benzene rings is 1. The summed E-state index contributed by atoms with van der Waals surface area (Å²) >= 11 is 0. The van der Waals surface area contributed by atoms with Gasteiger partial charge in [-0.25, -0.2) is 4.79 Å². The molecular formula is C33H48O4. The summed E-state index contributed by atoms with van der Waals surface area (Å²) in [4.78, 5) is 11.6. The number of hydrogen-bond acceptors (Lipinski definition) is 3. The highest BCUT2D eigenvalue weighted by molar-refractivity contribution is 5.92. The average Bonchev–Trinajstić information content (AvgIpc) is 3.22. The van der Waals surface area contributed by atoms with Crippen molar-refractivity contribution in [1.82, 2.24) is 0 Å². The second kappa shape index (κ2) is 10.2. The standard InChI is InChI=1S/C33H48O4/c1-5-23-28-19-22(34)15-17-33(28,4)27-16-18-32(3)25(13-14-26(32)29(27)30(23)35)20(2)9-8-11-21-10-6-7-12-24(21)31(36)37/h6-8,10-12,20,22-23,25-30,34-35H,5,9,13-19H2,1-4H3,(H,36,37)/b11-8+/t20-,22-,23-,25-,26+,27+,28+,29?,30-,32?,33-/m1/s1. The fourth-order valence-electron chi connectivity index (χ4n) is 10.3. The van der Waals surface area contributed by atoms with Gasteiger partial charge in [0.2, 0.25) is 0 Å². The normalized spacial score (nSPS) is 44.2. The van der Waals surface area contributed by atoms with E-state index in [4.69, 9.17) is 0 Å². The van der Waals surface area contributed by atoms with Crippen molar-refractivity contribution in [3.05, 3.63) is 41.5 Å². The van der Waals surface area contributed by atoms with E-state index >= 15 is 0 Å². The third-order valence-electron chi connectivity index (χ3n) is 12.1. The minimum atomic E-state index is -0.879. The van der Waals surface area contributed by atoms with Crippen LogP contribution in [0.1, 0.15) is 101 Å². The summed E-state index contributed by atoms with van der Waals surface area (Å²) in [5, 5.41) is 31.9. The van der Waals surface area contributed by atoms with Gasteiger partial charge < -0.3 is 15.3 Å². The molecule has 5 rings (SSSR count). The number of carboxylic acids is 1. The molecule has 0 aromatic heterocycles. The Morgan fingerprint density at radius 2 is 1.73 bits per heavy atom. The lowest BCUT2D eigenvalue weighted by Crippen LogP contribution is -2.62. The molecule has 0 spiro atoms. The van der Waals surface area contributed by atoms with E-state index in [0.29, 0.717) is 47.0 Å². The van der Waals surface area contributed by atoms with Gasteiger partial charge in [-0.15, -0.1) is 0 Å². The Bertz CT molecular complexity index is 1020. The van der Waals surface area contributed by atoms with Crippen molar-refractivity contribution in [2.45, 2.75) is 97.7 Å². The smallest absolute Gasteiger partial charge is 0.336 e. The molecule has 11 atom stereocenters. The fourth-order valence-corrected chi connectivity index (χ4v) is 10.3. The van der Waals surface area contributed by atoms with E-state index in [0.717, 1.165) is 37.7 Å². The van der Waals surface area contributed by atoms with Gasteiger partial charge in [-0.3, -0.25) is 0 Å². The van der Waals surface area contributed by atoms with Crippen LogP contribution < -0.4 is 0 Å². The number of fused-ring (bicyclic) bond motifs is 5. The fraction of sp³-hybridized carbons (Fsp3) is 0.727. The van der Waals surface area contributed by atoms with Gasteiger partial charge >= 0.3 is 5.97 Å². The zero-order valence-corrected chi connectivity index (χ0v) is 23.3. The number of allylic oxidation sites excluding steroid dienone is 1. The predicted octanol–water partition coefficient (Wildman–Crippen LogP) is 7.05. The maximum Gasteiger partial charge on any atom is 0.336 e. The quantitative estimate of drug-likeness (QED) is 0.385. The Morgan fingerprint density at radius 1 is 1.03 bits per heavy atom. The summed E-state index contributed by atoms with van der Waals surface area (Å²) in [6, 6.07) is 7.23. The molecule has 4 saturated carbocycles. The van der Waals surface area contributed by atoms with Crippen LogP contribution in [-0.4, -0.2) is 33.5 Å². The van der Waals surface area contributed by atoms with Crippen LogP contribution in [-0.2, 0) is 0 Å². The van der Waals surface area contributed by atoms with E-state index in [9.17, 15) is 20.1 Å². The molecule has 4 heteroatoms. The summed E-state index contributed by atoms with van der Waals surface area (Å²) in [5.74, 6) is 2.55. The molecule has 0 aliphatic heterocycles. The van der Waals surface area contributed by atoms with Gasteiger partial charge in [0, 0.05) is 0 Å². The summed E-state index contributed by atoms with van der Waals surface area (Å²) in [5.41, 5.74) is 1.63. The van der Waals surface area contributed by atoms with Crippen molar-refractivity contribution in [3.8, 4) is 0 Å². The first-order chi connectivity index (χ1) is 17.6. The number of carbonyl (C=O) groups is 1. The van der Waals surface area contributed by atoms with Crippen LogP contribution in [0, 0.1) is 52.3 Å². The Labute approximate surface area is 223 Å². The molecular weight excluding hydrogens is 460 g/mol. The molecule has 0 saturated heterocycles. The highest BCUT2D eigenvalue weighted by Crippen LogP contribution is 2.69. The highest BCUT2D eigenvalue weighted by Gasteiger charge is 2.64. The maximum absolute atomic E-state index is 11.9. The largest absolute Gasteiger partial charge is 0.478 e. The van der Waals surface area contributed by atoms with Crippen molar-refractivity contribution in [2.24, 2.45) is 52.3 Å². The van der Waals surface area contributed by atoms with E-state index in [1.54, 1.807) is 12.1 Å². The number of hydrogen-bond donors (Lipinski definition) is 3. The second-order valence-corrected chi connectivity index (χ2v) is 13.6. The van der Waals surface area contributed by atoms with Crippen LogP contribution in [0.2, 0.25) is 0 Å². The molecule has 4 fully saturated rings. The van der Waals surface area contributed by atoms with Gasteiger partial charge in [0.1, 0.15) is 0 Å². The summed E-state index contributed by atoms with van der Waals surface area (Å²) in [6.45, 7) is 9.65. The first-order valence-electron chi connectivity index (χ1n) is 15.0. The number of carboxylic acid groups (broad SMARTS) is 1. The average molecular weight is 509 g/mol. The highest BCUT2D eigenvalue weighted by atomic mass is 16.4. The number of rotatable bonds is 6. The van der Waals surface area contributed by atoms with Crippen LogP contribution in [0.3, 0.4) is 0 Å². The van der Waals surface area contributed by atoms with E-state index in [1.807, 2.05) is 18.2 Å². The van der Waals surface area contributed by atoms with Crippen molar-refractivity contribution in [3.63, 3.8) is 0 Å². The predicted molar refractivity (Wildman–Crippen MR) is 148 cm³/mol. The number of aliphatic hydroxyl groups is 2. The summed E-state index contributed by atoms with van der Waals surface area (Å²) < 4.78 is 0. The Hall–Kier alpha value is -1.65. The lowest BCUT2D eigenvalue weighted by Gasteiger charge is -2.64. The van der Waals surface area contributed by atoms with Crippen LogP contribution >= 0.6 is 0 Å². The third-order valence-corrected chi connectivity index (χ3v) is 12.1. The molecule has 37 heavy (non-hydrogen) atoms. The molecule has 4 aliphatic carbocycles. The van der Waals surface area contributed by atoms with E-state index in [2.05, 4.69) is 33.8 Å². The van der Waals surface area contributed by atoms with E-state index < -0.39 is 5.97 Å². The van der Waals surface area contributed by atoms with Gasteiger partial charge in [0.15, 0.2) is 0 Å². The summed E-state index contributed by atoms with van der Waals surface area (Å²) in [6.07, 6.45) is 13.5. The molecule has 3 N–H and O–H groups in total. The van der Waals surface area contributed by atoms with Gasteiger partial charge in [0.25, 0.3) is 0 Å². The monoisotopic (exact) mass is 508 g/mol. The lowest BCUT2D eigenvalue weighted by molar-refractivity contribution is -0.203. The van der Waals surface area contributed by atoms with Crippen LogP contribution in [0.25, 0.3) is 6.08 Å².